The van der Waals surface area contributed by atoms with Crippen LogP contribution in [0.4, 0.5) is 0 Å². The van der Waals surface area contributed by atoms with Crippen molar-refractivity contribution in [1.82, 2.24) is 20.1 Å². The molecular weight excluding hydrogens is 464 g/mol. The number of hydrogen-bond donors (Lipinski definition) is 3. The van der Waals surface area contributed by atoms with Gasteiger partial charge in [-0.25, -0.2) is 8.42 Å². The van der Waals surface area contributed by atoms with Crippen molar-refractivity contribution in [3.8, 4) is 0 Å². The van der Waals surface area contributed by atoms with E-state index in [-0.39, 0.29) is 37.2 Å². The van der Waals surface area contributed by atoms with E-state index in [0.717, 1.165) is 38.7 Å². The molecule has 3 N–H and O–H groups in total. The smallest absolute Gasteiger partial charge is 0.243 e. The molecule has 0 bridgehead atoms. The number of nitrogens with zero attached hydrogens (tertiary/aromatic N) is 1. The number of hydrogen-bond acceptors (Lipinski definition) is 4. The zero-order chi connectivity index (χ0) is 25.3. The van der Waals surface area contributed by atoms with Crippen LogP contribution in [0.5, 0.6) is 0 Å². The maximum absolute atomic E-state index is 13.4. The third-order valence-corrected chi connectivity index (χ3v) is 9.24. The van der Waals surface area contributed by atoms with Gasteiger partial charge < -0.3 is 4.98 Å². The van der Waals surface area contributed by atoms with Gasteiger partial charge in [-0.05, 0) is 74.4 Å². The molecule has 3 aromatic rings. The van der Waals surface area contributed by atoms with Crippen molar-refractivity contribution in [2.45, 2.75) is 51.9 Å². The molecule has 1 aliphatic rings. The second-order valence-corrected chi connectivity index (χ2v) is 11.2. The molecule has 0 unspecified atom stereocenters. The Hall–Kier alpha value is -3.17. The molecule has 1 fully saturated rings. The van der Waals surface area contributed by atoms with Gasteiger partial charge in [-0.1, -0.05) is 24.3 Å². The molecular formula is C26H32N4O4S. The molecule has 1 saturated heterocycles. The number of nitrogens with one attached hydrogen (secondary N) is 3. The van der Waals surface area contributed by atoms with E-state index in [9.17, 15) is 18.0 Å². The van der Waals surface area contributed by atoms with E-state index >= 15 is 0 Å². The Bertz CT molecular complexity index is 1360. The fraction of sp³-hybridized carbons (Fsp3) is 0.385. The first kappa shape index (κ1) is 24.9. The number of para-hydroxylation sites is 1. The van der Waals surface area contributed by atoms with Gasteiger partial charge in [0, 0.05) is 36.1 Å². The molecule has 8 nitrogen and oxygen atoms in total. The van der Waals surface area contributed by atoms with E-state index in [1.807, 2.05) is 58.0 Å². The highest BCUT2D eigenvalue weighted by molar-refractivity contribution is 7.89. The molecule has 0 spiro atoms. The van der Waals surface area contributed by atoms with Gasteiger partial charge in [0.05, 0.1) is 11.3 Å². The molecule has 0 aliphatic carbocycles. The summed E-state index contributed by atoms with van der Waals surface area (Å²) in [5.74, 6) is -0.978. The van der Waals surface area contributed by atoms with Crippen LogP contribution in [0.25, 0.3) is 10.9 Å². The first-order valence-electron chi connectivity index (χ1n) is 11.8. The first-order valence-corrected chi connectivity index (χ1v) is 13.2. The van der Waals surface area contributed by atoms with E-state index in [2.05, 4.69) is 15.8 Å². The summed E-state index contributed by atoms with van der Waals surface area (Å²) >= 11 is 0. The Labute approximate surface area is 206 Å². The summed E-state index contributed by atoms with van der Waals surface area (Å²) in [5, 5.41) is 0.969. The molecule has 9 heteroatoms. The number of amides is 2. The topological polar surface area (TPSA) is 111 Å². The van der Waals surface area contributed by atoms with Crippen LogP contribution in [0.2, 0.25) is 0 Å². The molecule has 1 aromatic heterocycles. The van der Waals surface area contributed by atoms with Crippen LogP contribution >= 0.6 is 0 Å². The number of aromatic amines is 1. The predicted octanol–water partition coefficient (Wildman–Crippen LogP) is 3.19. The van der Waals surface area contributed by atoms with Gasteiger partial charge in [-0.2, -0.15) is 4.31 Å². The lowest BCUT2D eigenvalue weighted by Gasteiger charge is -2.31. The summed E-state index contributed by atoms with van der Waals surface area (Å²) in [6.45, 7) is 8.04. The largest absolute Gasteiger partial charge is 0.361 e. The zero-order valence-corrected chi connectivity index (χ0v) is 21.4. The van der Waals surface area contributed by atoms with Crippen molar-refractivity contribution < 1.29 is 18.0 Å². The van der Waals surface area contributed by atoms with E-state index in [1.54, 1.807) is 6.20 Å². The number of hydrazine groups is 1. The molecule has 2 aromatic carbocycles. The van der Waals surface area contributed by atoms with Gasteiger partial charge in [-0.15, -0.1) is 0 Å². The highest BCUT2D eigenvalue weighted by atomic mass is 32.2. The van der Waals surface area contributed by atoms with Crippen LogP contribution in [0.3, 0.4) is 0 Å². The van der Waals surface area contributed by atoms with Gasteiger partial charge in [0.15, 0.2) is 0 Å². The molecule has 2 heterocycles. The SMILES string of the molecule is Cc1cc(C)c(C)c(S(=O)(=O)N2CCC(C(=O)NNC(=O)Cc3c[nH]c4ccccc34)CC2)c1C. The Morgan fingerprint density at radius 2 is 1.63 bits per heavy atom. The van der Waals surface area contributed by atoms with Gasteiger partial charge in [0.1, 0.15) is 0 Å². The lowest BCUT2D eigenvalue weighted by atomic mass is 9.98. The van der Waals surface area contributed by atoms with Crippen molar-refractivity contribution >= 4 is 32.7 Å². The lowest BCUT2D eigenvalue weighted by molar-refractivity contribution is -0.131. The quantitative estimate of drug-likeness (QED) is 0.471. The highest BCUT2D eigenvalue weighted by Crippen LogP contribution is 2.31. The Kier molecular flexibility index (Phi) is 7.00. The summed E-state index contributed by atoms with van der Waals surface area (Å²) in [5.41, 5.74) is 10.2. The number of aromatic nitrogens is 1. The fourth-order valence-corrected chi connectivity index (χ4v) is 6.83. The van der Waals surface area contributed by atoms with E-state index in [0.29, 0.717) is 17.7 Å². The summed E-state index contributed by atoms with van der Waals surface area (Å²) in [6.07, 6.45) is 2.72. The minimum Gasteiger partial charge on any atom is -0.361 e. The van der Waals surface area contributed by atoms with E-state index in [4.69, 9.17) is 0 Å². The maximum atomic E-state index is 13.4. The average Bonchev–Trinajstić information content (AvgIpc) is 3.24. The van der Waals surface area contributed by atoms with Crippen molar-refractivity contribution in [3.63, 3.8) is 0 Å². The average molecular weight is 497 g/mol. The van der Waals surface area contributed by atoms with Crippen LogP contribution in [0.1, 0.15) is 40.7 Å². The Morgan fingerprint density at radius 1 is 1.00 bits per heavy atom. The molecule has 1 aliphatic heterocycles. The van der Waals surface area contributed by atoms with Crippen LogP contribution in [0, 0.1) is 33.6 Å². The Balaban J connectivity index is 1.33. The van der Waals surface area contributed by atoms with Crippen molar-refractivity contribution in [3.05, 3.63) is 64.3 Å². The Morgan fingerprint density at radius 3 is 2.29 bits per heavy atom. The van der Waals surface area contributed by atoms with Crippen molar-refractivity contribution in [1.29, 1.82) is 0 Å². The molecule has 0 radical (unpaired) electrons. The third-order valence-electron chi connectivity index (χ3n) is 7.07. The number of fused-ring (bicyclic) bond motifs is 1. The normalized spacial score (nSPS) is 15.3. The number of carbonyl (C=O) groups is 2. The monoisotopic (exact) mass is 496 g/mol. The van der Waals surface area contributed by atoms with E-state index in [1.165, 1.54) is 4.31 Å². The zero-order valence-electron chi connectivity index (χ0n) is 20.6. The number of H-pyrrole nitrogens is 1. The number of sulfonamides is 1. The summed E-state index contributed by atoms with van der Waals surface area (Å²) in [4.78, 5) is 28.5. The fourth-order valence-electron chi connectivity index (χ4n) is 4.78. The van der Waals surface area contributed by atoms with Crippen molar-refractivity contribution in [2.75, 3.05) is 13.1 Å². The number of carbonyl (C=O) groups excluding carboxylic acids is 2. The number of rotatable bonds is 5. The lowest BCUT2D eigenvalue weighted by Crippen LogP contribution is -2.48. The standard InChI is InChI=1S/C26H32N4O4S/c1-16-13-17(2)19(4)25(18(16)3)35(33,34)30-11-9-20(10-12-30)26(32)29-28-24(31)14-21-15-27-23-8-6-5-7-22(21)23/h5-8,13,15,20,27H,9-12,14H2,1-4H3,(H,28,31)(H,29,32). The van der Waals surface area contributed by atoms with Gasteiger partial charge in [0.2, 0.25) is 21.8 Å². The predicted molar refractivity (Wildman–Crippen MR) is 135 cm³/mol. The van der Waals surface area contributed by atoms with Crippen molar-refractivity contribution in [2.24, 2.45) is 5.92 Å². The third kappa shape index (κ3) is 4.97. The molecule has 35 heavy (non-hydrogen) atoms. The molecule has 0 saturated carbocycles. The second kappa shape index (κ2) is 9.83. The minimum absolute atomic E-state index is 0.135. The molecule has 2 amide bonds. The minimum atomic E-state index is -3.66. The molecule has 4 rings (SSSR count). The highest BCUT2D eigenvalue weighted by Gasteiger charge is 2.34. The summed E-state index contributed by atoms with van der Waals surface area (Å²) < 4.78 is 28.3. The van der Waals surface area contributed by atoms with Crippen LogP contribution in [0.15, 0.2) is 41.4 Å². The number of piperidine rings is 1. The molecule has 0 atom stereocenters. The maximum Gasteiger partial charge on any atom is 0.243 e. The molecule has 186 valence electrons. The van der Waals surface area contributed by atoms with Gasteiger partial charge >= 0.3 is 0 Å². The van der Waals surface area contributed by atoms with Crippen LogP contribution in [-0.2, 0) is 26.0 Å². The van der Waals surface area contributed by atoms with E-state index < -0.39 is 10.0 Å². The second-order valence-electron chi connectivity index (χ2n) is 9.34. The van der Waals surface area contributed by atoms with Crippen LogP contribution < -0.4 is 10.9 Å². The van der Waals surface area contributed by atoms with Gasteiger partial charge in [-0.3, -0.25) is 20.4 Å². The summed E-state index contributed by atoms with van der Waals surface area (Å²) in [7, 11) is -3.66. The number of aryl methyl sites for hydroxylation is 2. The van der Waals surface area contributed by atoms with Gasteiger partial charge in [0.25, 0.3) is 0 Å². The first-order chi connectivity index (χ1) is 16.6. The number of benzene rings is 2. The van der Waals surface area contributed by atoms with Crippen LogP contribution in [-0.4, -0.2) is 42.6 Å². The summed E-state index contributed by atoms with van der Waals surface area (Å²) in [6, 6.07) is 9.72.